The number of nitrogens with two attached hydrogens (primary N) is 1. The van der Waals surface area contributed by atoms with Gasteiger partial charge in [-0.2, -0.15) is 30.4 Å². The van der Waals surface area contributed by atoms with Gasteiger partial charge in [0.25, 0.3) is 30.4 Å². The number of phenols is 2. The summed E-state index contributed by atoms with van der Waals surface area (Å²) in [6, 6.07) is 18.7. The summed E-state index contributed by atoms with van der Waals surface area (Å²) in [5.41, 5.74) is 7.10. The SMILES string of the molecule is COc1cc(N=Nc2cc(S(=O)(=O)O)cc3cc(S(=O)(=O)O)cc(O)c23)c(C)cc1N=Nc1c(S(=O)(=O)O)cc2cc(Nc3ccc(N)cc3)ccc2c1O. The Bertz CT molecular complexity index is 2950. The van der Waals surface area contributed by atoms with Crippen LogP contribution in [0.4, 0.5) is 39.8 Å². The highest BCUT2D eigenvalue weighted by atomic mass is 32.2. The number of nitrogen functional groups attached to an aromatic ring is 1. The van der Waals surface area contributed by atoms with Crippen LogP contribution in [0.2, 0.25) is 0 Å². The molecule has 0 heterocycles. The van der Waals surface area contributed by atoms with Crippen molar-refractivity contribution >= 4 is 91.7 Å². The smallest absolute Gasteiger partial charge is 0.296 e. The zero-order valence-electron chi connectivity index (χ0n) is 28.3. The fourth-order valence-corrected chi connectivity index (χ4v) is 7.20. The first-order chi connectivity index (χ1) is 25.7. The van der Waals surface area contributed by atoms with Crippen molar-refractivity contribution in [2.24, 2.45) is 20.5 Å². The number of methoxy groups -OCH3 is 1. The summed E-state index contributed by atoms with van der Waals surface area (Å²) in [5.74, 6) is -1.30. The van der Waals surface area contributed by atoms with Crippen LogP contribution < -0.4 is 15.8 Å². The molecule has 0 fully saturated rings. The van der Waals surface area contributed by atoms with Crippen molar-refractivity contribution in [1.82, 2.24) is 0 Å². The number of azo groups is 2. The van der Waals surface area contributed by atoms with E-state index in [9.17, 15) is 49.1 Å². The lowest BCUT2D eigenvalue weighted by atomic mass is 10.1. The van der Waals surface area contributed by atoms with Crippen LogP contribution in [0.3, 0.4) is 0 Å². The Kier molecular flexibility index (Phi) is 9.94. The molecule has 0 aliphatic carbocycles. The topological polar surface area (TPSA) is 300 Å². The third-order valence-corrected chi connectivity index (χ3v) is 10.6. The van der Waals surface area contributed by atoms with Crippen LogP contribution in [0.25, 0.3) is 21.5 Å². The molecule has 0 radical (unpaired) electrons. The van der Waals surface area contributed by atoms with E-state index in [0.717, 1.165) is 30.3 Å². The maximum Gasteiger partial charge on any atom is 0.296 e. The molecule has 0 atom stereocenters. The quantitative estimate of drug-likeness (QED) is 0.0398. The molecule has 0 bridgehead atoms. The van der Waals surface area contributed by atoms with Crippen LogP contribution in [-0.2, 0) is 30.4 Å². The van der Waals surface area contributed by atoms with Crippen molar-refractivity contribution < 1.29 is 53.9 Å². The second-order valence-electron chi connectivity index (χ2n) is 11.9. The molecule has 0 saturated carbocycles. The Morgan fingerprint density at radius 1 is 0.636 bits per heavy atom. The van der Waals surface area contributed by atoms with E-state index in [1.165, 1.54) is 25.3 Å². The second-order valence-corrected chi connectivity index (χ2v) is 16.1. The summed E-state index contributed by atoms with van der Waals surface area (Å²) in [6.45, 7) is 1.56. The van der Waals surface area contributed by atoms with E-state index in [4.69, 9.17) is 10.5 Å². The number of nitrogens with one attached hydrogen (secondary N) is 1. The van der Waals surface area contributed by atoms with Crippen LogP contribution in [0, 0.1) is 6.92 Å². The molecule has 55 heavy (non-hydrogen) atoms. The number of fused-ring (bicyclic) bond motifs is 2. The first-order valence-corrected chi connectivity index (χ1v) is 19.7. The molecule has 0 aliphatic rings. The van der Waals surface area contributed by atoms with E-state index < -0.39 is 62.2 Å². The highest BCUT2D eigenvalue weighted by Gasteiger charge is 2.23. The average Bonchev–Trinajstić information content (AvgIpc) is 3.10. The van der Waals surface area contributed by atoms with Gasteiger partial charge in [0.05, 0.1) is 33.7 Å². The van der Waals surface area contributed by atoms with Gasteiger partial charge in [-0.05, 0) is 96.1 Å². The fraction of sp³-hybridized carbons (Fsp3) is 0.0588. The minimum Gasteiger partial charge on any atom is -0.507 e. The lowest BCUT2D eigenvalue weighted by Crippen LogP contribution is -2.00. The Labute approximate surface area is 312 Å². The van der Waals surface area contributed by atoms with Crippen molar-refractivity contribution in [2.45, 2.75) is 21.6 Å². The van der Waals surface area contributed by atoms with Gasteiger partial charge in [0.2, 0.25) is 0 Å². The monoisotopic (exact) mass is 808 g/mol. The second kappa shape index (κ2) is 14.2. The molecule has 0 spiro atoms. The molecule has 0 aromatic heterocycles. The number of rotatable bonds is 10. The van der Waals surface area contributed by atoms with Gasteiger partial charge in [0.1, 0.15) is 27.8 Å². The molecule has 6 aromatic carbocycles. The van der Waals surface area contributed by atoms with Crippen LogP contribution in [-0.4, -0.2) is 56.2 Å². The minimum absolute atomic E-state index is 0.00700. The van der Waals surface area contributed by atoms with E-state index in [-0.39, 0.29) is 44.4 Å². The van der Waals surface area contributed by atoms with Gasteiger partial charge in [-0.1, -0.05) is 0 Å². The first-order valence-electron chi connectivity index (χ1n) is 15.4. The average molecular weight is 809 g/mol. The number of phenolic OH excluding ortho intramolecular Hbond substituents is 2. The Hall–Kier alpha value is -6.23. The molecule has 0 aliphatic heterocycles. The molecule has 0 amide bonds. The van der Waals surface area contributed by atoms with Gasteiger partial charge in [0.15, 0.2) is 5.75 Å². The number of aryl methyl sites for hydroxylation is 1. The minimum atomic E-state index is -4.95. The van der Waals surface area contributed by atoms with E-state index in [1.54, 1.807) is 43.3 Å². The van der Waals surface area contributed by atoms with Gasteiger partial charge < -0.3 is 26.0 Å². The summed E-state index contributed by atoms with van der Waals surface area (Å²) >= 11 is 0. The summed E-state index contributed by atoms with van der Waals surface area (Å²) in [6.07, 6.45) is 0. The number of benzene rings is 6. The molecular formula is C34H28N6O12S3. The van der Waals surface area contributed by atoms with Gasteiger partial charge in [-0.15, -0.1) is 15.3 Å². The lowest BCUT2D eigenvalue weighted by Gasteiger charge is -2.12. The number of aromatic hydroxyl groups is 2. The first kappa shape index (κ1) is 38.5. The maximum atomic E-state index is 12.5. The van der Waals surface area contributed by atoms with Crippen LogP contribution in [0.15, 0.2) is 120 Å². The Morgan fingerprint density at radius 2 is 1.24 bits per heavy atom. The van der Waals surface area contributed by atoms with Gasteiger partial charge >= 0.3 is 0 Å². The number of hydrogen-bond donors (Lipinski definition) is 7. The number of anilines is 3. The summed E-state index contributed by atoms with van der Waals surface area (Å²) in [4.78, 5) is -2.21. The van der Waals surface area contributed by atoms with Crippen molar-refractivity contribution in [3.63, 3.8) is 0 Å². The van der Waals surface area contributed by atoms with E-state index in [0.29, 0.717) is 22.6 Å². The number of ether oxygens (including phenoxy) is 1. The molecule has 6 aromatic rings. The molecule has 6 rings (SSSR count). The van der Waals surface area contributed by atoms with Crippen molar-refractivity contribution in [1.29, 1.82) is 0 Å². The van der Waals surface area contributed by atoms with Crippen molar-refractivity contribution in [2.75, 3.05) is 18.2 Å². The van der Waals surface area contributed by atoms with Gasteiger partial charge in [-0.3, -0.25) is 13.7 Å². The molecule has 18 nitrogen and oxygen atoms in total. The van der Waals surface area contributed by atoms with Crippen molar-refractivity contribution in [3.8, 4) is 17.2 Å². The largest absolute Gasteiger partial charge is 0.507 e. The Morgan fingerprint density at radius 3 is 1.85 bits per heavy atom. The summed E-state index contributed by atoms with van der Waals surface area (Å²) in [5, 5.41) is 41.2. The normalized spacial score (nSPS) is 12.6. The van der Waals surface area contributed by atoms with E-state index in [2.05, 4.69) is 25.8 Å². The number of hydrogen-bond acceptors (Lipinski definition) is 15. The van der Waals surface area contributed by atoms with Crippen LogP contribution in [0.5, 0.6) is 17.2 Å². The molecule has 0 unspecified atom stereocenters. The third-order valence-electron chi connectivity index (χ3n) is 8.10. The fourth-order valence-electron chi connectivity index (χ4n) is 5.47. The van der Waals surface area contributed by atoms with E-state index >= 15 is 0 Å². The summed E-state index contributed by atoms with van der Waals surface area (Å²) in [7, 11) is -13.4. The van der Waals surface area contributed by atoms with Crippen molar-refractivity contribution in [3.05, 3.63) is 90.5 Å². The Balaban J connectivity index is 1.39. The van der Waals surface area contributed by atoms with E-state index in [1.807, 2.05) is 0 Å². The van der Waals surface area contributed by atoms with Gasteiger partial charge in [0, 0.05) is 34.6 Å². The van der Waals surface area contributed by atoms with Gasteiger partial charge in [-0.25, -0.2) is 0 Å². The summed E-state index contributed by atoms with van der Waals surface area (Å²) < 4.78 is 107. The zero-order chi connectivity index (χ0) is 40.0. The zero-order valence-corrected chi connectivity index (χ0v) is 30.7. The highest BCUT2D eigenvalue weighted by molar-refractivity contribution is 7.86. The predicted octanol–water partition coefficient (Wildman–Crippen LogP) is 7.62. The molecule has 8 N–H and O–H groups in total. The predicted molar refractivity (Wildman–Crippen MR) is 201 cm³/mol. The number of nitrogens with zero attached hydrogens (tertiary/aromatic N) is 4. The molecule has 284 valence electrons. The van der Waals surface area contributed by atoms with Crippen LogP contribution in [0.1, 0.15) is 5.56 Å². The standard InChI is InChI=1S/C34H28N6O12S3/c1-17-9-27(38-40-33-31(55(49,50)51)13-18-10-22(7-8-25(18)34(33)42)36-21-5-3-20(35)4-6-21)30(52-2)16-26(17)37-39-28-14-23(53(43,44)45)11-19-12-24(54(46,47)48)15-29(41)32(19)28/h3-16,36,41-42H,35H2,1-2H3,(H,43,44,45)(H,46,47,48)(H,49,50,51). The van der Waals surface area contributed by atoms with Crippen LogP contribution >= 0.6 is 0 Å². The molecular weight excluding hydrogens is 781 g/mol. The highest BCUT2D eigenvalue weighted by Crippen LogP contribution is 2.44. The third kappa shape index (κ3) is 8.16. The molecule has 21 heteroatoms. The lowest BCUT2D eigenvalue weighted by molar-refractivity contribution is 0.416. The maximum absolute atomic E-state index is 12.5. The molecule has 0 saturated heterocycles.